The third-order valence-electron chi connectivity index (χ3n) is 3.42. The predicted molar refractivity (Wildman–Crippen MR) is 80.4 cm³/mol. The van der Waals surface area contributed by atoms with Crippen molar-refractivity contribution in [3.63, 3.8) is 0 Å². The molecular formula is C15H14F6N4. The fourth-order valence-electron chi connectivity index (χ4n) is 2.18. The molecule has 0 saturated carbocycles. The highest BCUT2D eigenvalue weighted by Gasteiger charge is 2.31. The minimum absolute atomic E-state index is 0.0772. The molecule has 0 aromatic carbocycles. The van der Waals surface area contributed by atoms with Crippen molar-refractivity contribution in [3.05, 3.63) is 46.9 Å². The van der Waals surface area contributed by atoms with Crippen molar-refractivity contribution < 1.29 is 26.3 Å². The summed E-state index contributed by atoms with van der Waals surface area (Å²) in [5, 5.41) is 3.80. The third-order valence-corrected chi connectivity index (χ3v) is 3.42. The summed E-state index contributed by atoms with van der Waals surface area (Å²) in [6, 6.07) is 3.49. The second-order valence-electron chi connectivity index (χ2n) is 5.33. The topological polar surface area (TPSA) is 42.2 Å². The zero-order valence-electron chi connectivity index (χ0n) is 13.2. The first-order valence-corrected chi connectivity index (χ1v) is 7.03. The Hall–Kier alpha value is -2.52. The van der Waals surface area contributed by atoms with E-state index in [2.05, 4.69) is 15.5 Å². The minimum atomic E-state index is -4.48. The van der Waals surface area contributed by atoms with Gasteiger partial charge >= 0.3 is 12.4 Å². The second kappa shape index (κ2) is 6.77. The van der Waals surface area contributed by atoms with Crippen LogP contribution in [0.1, 0.15) is 22.5 Å². The van der Waals surface area contributed by atoms with Crippen LogP contribution < -0.4 is 5.43 Å². The molecule has 0 unspecified atom stereocenters. The molecule has 2 heterocycles. The lowest BCUT2D eigenvalue weighted by Crippen LogP contribution is -2.19. The Balaban J connectivity index is 2.09. The van der Waals surface area contributed by atoms with Crippen LogP contribution in [0.5, 0.6) is 0 Å². The average molecular weight is 364 g/mol. The lowest BCUT2D eigenvalue weighted by molar-refractivity contribution is -0.141. The smallest absolute Gasteiger partial charge is 0.339 e. The van der Waals surface area contributed by atoms with E-state index in [1.54, 1.807) is 6.92 Å². The minimum Gasteiger partial charge on any atom is -0.339 e. The van der Waals surface area contributed by atoms with Gasteiger partial charge in [-0.1, -0.05) is 0 Å². The molecule has 2 aromatic rings. The fourth-order valence-corrected chi connectivity index (χ4v) is 2.18. The van der Waals surface area contributed by atoms with Crippen LogP contribution in [0.4, 0.5) is 32.2 Å². The van der Waals surface area contributed by atoms with Crippen LogP contribution in [-0.2, 0) is 12.7 Å². The summed E-state index contributed by atoms with van der Waals surface area (Å²) in [6.45, 7) is 1.96. The van der Waals surface area contributed by atoms with Gasteiger partial charge in [0.1, 0.15) is 12.4 Å². The van der Waals surface area contributed by atoms with Crippen molar-refractivity contribution in [2.24, 2.45) is 5.10 Å². The summed E-state index contributed by atoms with van der Waals surface area (Å²) < 4.78 is 76.0. The molecule has 136 valence electrons. The molecule has 0 aliphatic carbocycles. The monoisotopic (exact) mass is 364 g/mol. The van der Waals surface area contributed by atoms with E-state index < -0.39 is 24.5 Å². The number of nitrogens with zero attached hydrogens (tertiary/aromatic N) is 3. The van der Waals surface area contributed by atoms with Gasteiger partial charge in [0.15, 0.2) is 0 Å². The molecule has 0 saturated heterocycles. The van der Waals surface area contributed by atoms with E-state index in [-0.39, 0.29) is 5.82 Å². The largest absolute Gasteiger partial charge is 0.417 e. The molecule has 0 bridgehead atoms. The van der Waals surface area contributed by atoms with E-state index in [4.69, 9.17) is 0 Å². The van der Waals surface area contributed by atoms with Crippen molar-refractivity contribution in [2.45, 2.75) is 32.7 Å². The standard InChI is InChI=1S/C15H14F6N4/c1-9-5-11(10(2)25(9)8-14(16,17)18)6-23-24-13-4-3-12(7-22-13)15(19,20)21/h3-7H,8H2,1-2H3,(H,22,24)/b23-6+. The third kappa shape index (κ3) is 4.97. The number of rotatable bonds is 4. The Morgan fingerprint density at radius 1 is 1.16 bits per heavy atom. The first-order chi connectivity index (χ1) is 11.5. The molecule has 10 heteroatoms. The molecule has 0 fully saturated rings. The van der Waals surface area contributed by atoms with Crippen LogP contribution in [0.3, 0.4) is 0 Å². The van der Waals surface area contributed by atoms with Gasteiger partial charge < -0.3 is 4.57 Å². The van der Waals surface area contributed by atoms with Crippen molar-refractivity contribution in [3.8, 4) is 0 Å². The maximum Gasteiger partial charge on any atom is 0.417 e. The number of anilines is 1. The summed E-state index contributed by atoms with van der Waals surface area (Å²) in [4.78, 5) is 3.57. The zero-order chi connectivity index (χ0) is 18.8. The number of aryl methyl sites for hydroxylation is 1. The normalized spacial score (nSPS) is 12.8. The summed E-state index contributed by atoms with van der Waals surface area (Å²) in [5.74, 6) is 0.0772. The number of pyridine rings is 1. The number of halogens is 6. The predicted octanol–water partition coefficient (Wildman–Crippen LogP) is 4.53. The van der Waals surface area contributed by atoms with Crippen LogP contribution in [0.2, 0.25) is 0 Å². The molecule has 25 heavy (non-hydrogen) atoms. The van der Waals surface area contributed by atoms with Crippen LogP contribution >= 0.6 is 0 Å². The lowest BCUT2D eigenvalue weighted by atomic mass is 10.3. The van der Waals surface area contributed by atoms with Gasteiger partial charge in [0, 0.05) is 23.1 Å². The van der Waals surface area contributed by atoms with Crippen molar-refractivity contribution in [2.75, 3.05) is 5.43 Å². The molecule has 0 aliphatic rings. The summed E-state index contributed by atoms with van der Waals surface area (Å²) in [6.07, 6.45) is -6.88. The summed E-state index contributed by atoms with van der Waals surface area (Å²) in [7, 11) is 0. The number of nitrogens with one attached hydrogen (secondary N) is 1. The molecule has 1 N–H and O–H groups in total. The van der Waals surface area contributed by atoms with Crippen LogP contribution in [0, 0.1) is 13.8 Å². The van der Waals surface area contributed by atoms with Crippen molar-refractivity contribution >= 4 is 12.0 Å². The maximum atomic E-state index is 12.5. The van der Waals surface area contributed by atoms with Crippen molar-refractivity contribution in [1.29, 1.82) is 0 Å². The maximum absolute atomic E-state index is 12.5. The molecule has 0 aliphatic heterocycles. The summed E-state index contributed by atoms with van der Waals surface area (Å²) >= 11 is 0. The number of hydrogen-bond donors (Lipinski definition) is 1. The average Bonchev–Trinajstić information content (AvgIpc) is 2.73. The molecule has 0 amide bonds. The molecular weight excluding hydrogens is 350 g/mol. The number of hydrogen-bond acceptors (Lipinski definition) is 3. The van der Waals surface area contributed by atoms with Gasteiger partial charge in [-0.2, -0.15) is 31.4 Å². The highest BCUT2D eigenvalue weighted by molar-refractivity contribution is 5.82. The van der Waals surface area contributed by atoms with Gasteiger partial charge in [0.05, 0.1) is 11.8 Å². The lowest BCUT2D eigenvalue weighted by Gasteiger charge is -2.12. The van der Waals surface area contributed by atoms with E-state index in [1.165, 1.54) is 19.2 Å². The highest BCUT2D eigenvalue weighted by atomic mass is 19.4. The first-order valence-electron chi connectivity index (χ1n) is 7.03. The van der Waals surface area contributed by atoms with E-state index in [0.29, 0.717) is 23.1 Å². The highest BCUT2D eigenvalue weighted by Crippen LogP contribution is 2.28. The number of alkyl halides is 6. The number of aromatic nitrogens is 2. The first kappa shape index (κ1) is 18.8. The van der Waals surface area contributed by atoms with Crippen LogP contribution in [0.15, 0.2) is 29.5 Å². The molecule has 2 aromatic heterocycles. The quantitative estimate of drug-likeness (QED) is 0.492. The van der Waals surface area contributed by atoms with Crippen LogP contribution in [-0.4, -0.2) is 21.9 Å². The van der Waals surface area contributed by atoms with E-state index >= 15 is 0 Å². The Bertz CT molecular complexity index is 756. The molecule has 0 radical (unpaired) electrons. The molecule has 0 spiro atoms. The van der Waals surface area contributed by atoms with Gasteiger partial charge in [0.25, 0.3) is 0 Å². The Kier molecular flexibility index (Phi) is 5.09. The zero-order valence-corrected chi connectivity index (χ0v) is 13.2. The Morgan fingerprint density at radius 2 is 1.84 bits per heavy atom. The van der Waals surface area contributed by atoms with Gasteiger partial charge in [-0.3, -0.25) is 5.43 Å². The van der Waals surface area contributed by atoms with Gasteiger partial charge in [0.2, 0.25) is 0 Å². The molecule has 4 nitrogen and oxygen atoms in total. The molecule has 0 atom stereocenters. The van der Waals surface area contributed by atoms with Gasteiger partial charge in [-0.05, 0) is 32.0 Å². The van der Waals surface area contributed by atoms with E-state index in [0.717, 1.165) is 16.7 Å². The van der Waals surface area contributed by atoms with E-state index in [9.17, 15) is 26.3 Å². The SMILES string of the molecule is Cc1cc(/C=N/Nc2ccc(C(F)(F)F)cn2)c(C)n1CC(F)(F)F. The Morgan fingerprint density at radius 3 is 2.36 bits per heavy atom. The number of hydrazone groups is 1. The van der Waals surface area contributed by atoms with Gasteiger partial charge in [-0.25, -0.2) is 4.98 Å². The fraction of sp³-hybridized carbons (Fsp3) is 0.333. The summed E-state index contributed by atoms with van der Waals surface area (Å²) in [5.41, 5.74) is 2.80. The van der Waals surface area contributed by atoms with Crippen molar-refractivity contribution in [1.82, 2.24) is 9.55 Å². The van der Waals surface area contributed by atoms with Crippen LogP contribution in [0.25, 0.3) is 0 Å². The molecule has 2 rings (SSSR count). The van der Waals surface area contributed by atoms with E-state index in [1.807, 2.05) is 0 Å². The second-order valence-corrected chi connectivity index (χ2v) is 5.33. The van der Waals surface area contributed by atoms with Gasteiger partial charge in [-0.15, -0.1) is 0 Å². The Labute approximate surface area is 139 Å².